The number of ether oxygens (including phenoxy) is 2. The highest BCUT2D eigenvalue weighted by Gasteiger charge is 2.41. The first kappa shape index (κ1) is 14.7. The third-order valence-electron chi connectivity index (χ3n) is 4.14. The number of benzene rings is 1. The lowest BCUT2D eigenvalue weighted by molar-refractivity contribution is 0.263. The van der Waals surface area contributed by atoms with Crippen LogP contribution < -0.4 is 14.8 Å². The molecule has 0 aromatic heterocycles. The number of nitrogens with one attached hydrogen (secondary N) is 1. The summed E-state index contributed by atoms with van der Waals surface area (Å²) in [6.07, 6.45) is 2.34. The predicted octanol–water partition coefficient (Wildman–Crippen LogP) is 3.70. The molecule has 1 saturated heterocycles. The van der Waals surface area contributed by atoms with Crippen LogP contribution in [0.5, 0.6) is 11.5 Å². The molecule has 1 unspecified atom stereocenters. The SMILES string of the molecule is COc1ccc(C2(C(C)C)CCCN2)c(OC)c1Br. The molecule has 106 valence electrons. The van der Waals surface area contributed by atoms with Gasteiger partial charge in [0.2, 0.25) is 0 Å². The van der Waals surface area contributed by atoms with Crippen LogP contribution >= 0.6 is 15.9 Å². The van der Waals surface area contributed by atoms with Crippen LogP contribution in [0, 0.1) is 5.92 Å². The van der Waals surface area contributed by atoms with Gasteiger partial charge in [0.05, 0.1) is 14.2 Å². The number of hydrogen-bond acceptors (Lipinski definition) is 3. The molecule has 1 atom stereocenters. The zero-order valence-electron chi connectivity index (χ0n) is 12.0. The van der Waals surface area contributed by atoms with Crippen molar-refractivity contribution < 1.29 is 9.47 Å². The third kappa shape index (κ3) is 2.36. The Labute approximate surface area is 123 Å². The van der Waals surface area contributed by atoms with Crippen molar-refractivity contribution in [1.82, 2.24) is 5.32 Å². The minimum atomic E-state index is 0.000134. The van der Waals surface area contributed by atoms with E-state index in [2.05, 4.69) is 41.2 Å². The van der Waals surface area contributed by atoms with Crippen molar-refractivity contribution in [3.8, 4) is 11.5 Å². The van der Waals surface area contributed by atoms with Crippen LogP contribution in [0.15, 0.2) is 16.6 Å². The van der Waals surface area contributed by atoms with E-state index in [4.69, 9.17) is 9.47 Å². The van der Waals surface area contributed by atoms with Gasteiger partial charge in [0, 0.05) is 11.1 Å². The van der Waals surface area contributed by atoms with Crippen molar-refractivity contribution in [2.75, 3.05) is 20.8 Å². The lowest BCUT2D eigenvalue weighted by Crippen LogP contribution is -2.42. The van der Waals surface area contributed by atoms with E-state index in [9.17, 15) is 0 Å². The quantitative estimate of drug-likeness (QED) is 0.914. The molecule has 1 aliphatic heterocycles. The third-order valence-corrected chi connectivity index (χ3v) is 4.89. The van der Waals surface area contributed by atoms with E-state index < -0.39 is 0 Å². The van der Waals surface area contributed by atoms with E-state index >= 15 is 0 Å². The van der Waals surface area contributed by atoms with E-state index in [1.54, 1.807) is 14.2 Å². The lowest BCUT2D eigenvalue weighted by atomic mass is 9.78. The molecule has 0 amide bonds. The van der Waals surface area contributed by atoms with Crippen LogP contribution in [0.1, 0.15) is 32.3 Å². The lowest BCUT2D eigenvalue weighted by Gasteiger charge is -2.36. The fourth-order valence-corrected chi connectivity index (χ4v) is 3.72. The second-order valence-corrected chi connectivity index (χ2v) is 6.11. The summed E-state index contributed by atoms with van der Waals surface area (Å²) >= 11 is 3.60. The highest BCUT2D eigenvalue weighted by Crippen LogP contribution is 2.47. The van der Waals surface area contributed by atoms with Gasteiger partial charge in [0.15, 0.2) is 0 Å². The zero-order chi connectivity index (χ0) is 14.0. The van der Waals surface area contributed by atoms with Crippen molar-refractivity contribution in [3.05, 3.63) is 22.2 Å². The molecule has 1 fully saturated rings. The molecule has 2 rings (SSSR count). The minimum Gasteiger partial charge on any atom is -0.495 e. The molecular formula is C15H22BrNO2. The minimum absolute atomic E-state index is 0.000134. The Kier molecular flexibility index (Phi) is 4.41. The van der Waals surface area contributed by atoms with E-state index in [0.29, 0.717) is 5.92 Å². The molecule has 1 N–H and O–H groups in total. The van der Waals surface area contributed by atoms with E-state index in [0.717, 1.165) is 28.9 Å². The number of rotatable bonds is 4. The van der Waals surface area contributed by atoms with Crippen LogP contribution in [0.25, 0.3) is 0 Å². The van der Waals surface area contributed by atoms with Gasteiger partial charge < -0.3 is 14.8 Å². The van der Waals surface area contributed by atoms with Gasteiger partial charge in [-0.3, -0.25) is 0 Å². The molecule has 1 aromatic carbocycles. The van der Waals surface area contributed by atoms with Gasteiger partial charge in [-0.25, -0.2) is 0 Å². The molecule has 0 spiro atoms. The zero-order valence-corrected chi connectivity index (χ0v) is 13.6. The number of methoxy groups -OCH3 is 2. The average Bonchev–Trinajstić information content (AvgIpc) is 2.88. The topological polar surface area (TPSA) is 30.5 Å². The molecule has 1 aliphatic rings. The van der Waals surface area contributed by atoms with Gasteiger partial charge >= 0.3 is 0 Å². The maximum Gasteiger partial charge on any atom is 0.141 e. The second-order valence-electron chi connectivity index (χ2n) is 5.32. The van der Waals surface area contributed by atoms with Gasteiger partial charge in [0.1, 0.15) is 16.0 Å². The van der Waals surface area contributed by atoms with Gasteiger partial charge in [-0.15, -0.1) is 0 Å². The van der Waals surface area contributed by atoms with Crippen LogP contribution in [0.2, 0.25) is 0 Å². The Morgan fingerprint density at radius 1 is 1.26 bits per heavy atom. The Hall–Kier alpha value is -0.740. The van der Waals surface area contributed by atoms with E-state index in [1.807, 2.05) is 6.07 Å². The number of hydrogen-bond donors (Lipinski definition) is 1. The molecule has 0 saturated carbocycles. The summed E-state index contributed by atoms with van der Waals surface area (Å²) in [5, 5.41) is 3.68. The molecule has 0 bridgehead atoms. The summed E-state index contributed by atoms with van der Waals surface area (Å²) in [6.45, 7) is 5.58. The summed E-state index contributed by atoms with van der Waals surface area (Å²) < 4.78 is 11.9. The van der Waals surface area contributed by atoms with Gasteiger partial charge in [0.25, 0.3) is 0 Å². The summed E-state index contributed by atoms with van der Waals surface area (Å²) in [5.41, 5.74) is 1.22. The fourth-order valence-electron chi connectivity index (χ4n) is 3.05. The van der Waals surface area contributed by atoms with Crippen molar-refractivity contribution in [3.63, 3.8) is 0 Å². The summed E-state index contributed by atoms with van der Waals surface area (Å²) in [7, 11) is 3.39. The highest BCUT2D eigenvalue weighted by molar-refractivity contribution is 9.10. The smallest absolute Gasteiger partial charge is 0.141 e. The van der Waals surface area contributed by atoms with Crippen LogP contribution in [-0.4, -0.2) is 20.8 Å². The fraction of sp³-hybridized carbons (Fsp3) is 0.600. The van der Waals surface area contributed by atoms with E-state index in [1.165, 1.54) is 12.0 Å². The molecule has 1 aromatic rings. The summed E-state index contributed by atoms with van der Waals surface area (Å²) in [6, 6.07) is 4.13. The Morgan fingerprint density at radius 2 is 2.00 bits per heavy atom. The first-order valence-corrected chi connectivity index (χ1v) is 7.52. The maximum atomic E-state index is 5.64. The first-order chi connectivity index (χ1) is 9.06. The molecular weight excluding hydrogens is 306 g/mol. The van der Waals surface area contributed by atoms with E-state index in [-0.39, 0.29) is 5.54 Å². The molecule has 0 radical (unpaired) electrons. The summed E-state index contributed by atoms with van der Waals surface area (Å²) in [5.74, 6) is 2.18. The van der Waals surface area contributed by atoms with Gasteiger partial charge in [-0.2, -0.15) is 0 Å². The summed E-state index contributed by atoms with van der Waals surface area (Å²) in [4.78, 5) is 0. The molecule has 3 nitrogen and oxygen atoms in total. The monoisotopic (exact) mass is 327 g/mol. The van der Waals surface area contributed by atoms with Crippen LogP contribution in [0.3, 0.4) is 0 Å². The maximum absolute atomic E-state index is 5.64. The predicted molar refractivity (Wildman–Crippen MR) is 81.0 cm³/mol. The van der Waals surface area contributed by atoms with Crippen molar-refractivity contribution in [2.45, 2.75) is 32.2 Å². The Morgan fingerprint density at radius 3 is 2.47 bits per heavy atom. The van der Waals surface area contributed by atoms with Crippen molar-refractivity contribution in [2.24, 2.45) is 5.92 Å². The average molecular weight is 328 g/mol. The molecule has 19 heavy (non-hydrogen) atoms. The normalized spacial score (nSPS) is 22.8. The standard InChI is InChI=1S/C15H22BrNO2/c1-10(2)15(8-5-9-17-15)11-6-7-12(18-3)13(16)14(11)19-4/h6-7,10,17H,5,8-9H2,1-4H3. The van der Waals surface area contributed by atoms with Gasteiger partial charge in [-0.05, 0) is 53.4 Å². The largest absolute Gasteiger partial charge is 0.495 e. The van der Waals surface area contributed by atoms with Crippen LogP contribution in [0.4, 0.5) is 0 Å². The van der Waals surface area contributed by atoms with Crippen molar-refractivity contribution >= 4 is 15.9 Å². The van der Waals surface area contributed by atoms with Gasteiger partial charge in [-0.1, -0.05) is 13.8 Å². The Balaban J connectivity index is 2.58. The molecule has 0 aliphatic carbocycles. The van der Waals surface area contributed by atoms with Crippen molar-refractivity contribution in [1.29, 1.82) is 0 Å². The highest BCUT2D eigenvalue weighted by atomic mass is 79.9. The number of halogens is 1. The van der Waals surface area contributed by atoms with Crippen LogP contribution in [-0.2, 0) is 5.54 Å². The molecule has 4 heteroatoms. The Bertz CT molecular complexity index is 454. The first-order valence-electron chi connectivity index (χ1n) is 6.72. The second kappa shape index (κ2) is 5.71. The molecule has 1 heterocycles.